The fourth-order valence-electron chi connectivity index (χ4n) is 4.57. The van der Waals surface area contributed by atoms with Crippen molar-refractivity contribution in [1.82, 2.24) is 0 Å². The monoisotopic (exact) mass is 274 g/mol. The van der Waals surface area contributed by atoms with E-state index in [4.69, 9.17) is 0 Å². The molecule has 1 aromatic rings. The second-order valence-electron chi connectivity index (χ2n) is 7.12. The molecule has 2 heteroatoms. The molecule has 2 fully saturated rings. The minimum atomic E-state index is -0.337. The van der Waals surface area contributed by atoms with Crippen molar-refractivity contribution in [3.8, 4) is 0 Å². The Hall–Kier alpha value is -0.860. The summed E-state index contributed by atoms with van der Waals surface area (Å²) >= 11 is 0. The zero-order valence-electron chi connectivity index (χ0n) is 12.2. The van der Waals surface area contributed by atoms with Crippen LogP contribution in [0.1, 0.15) is 37.7 Å². The van der Waals surface area contributed by atoms with Crippen molar-refractivity contribution in [3.05, 3.63) is 35.9 Å². The lowest BCUT2D eigenvalue weighted by molar-refractivity contribution is 0.0251. The summed E-state index contributed by atoms with van der Waals surface area (Å²) < 4.78 is 0. The predicted octanol–water partition coefficient (Wildman–Crippen LogP) is 3.03. The molecule has 2 nitrogen and oxygen atoms in total. The predicted molar refractivity (Wildman–Crippen MR) is 80.3 cm³/mol. The van der Waals surface area contributed by atoms with Gasteiger partial charge in [0.05, 0.1) is 13.2 Å². The molecule has 2 aliphatic rings. The number of hydrogen-bond acceptors (Lipinski definition) is 2. The van der Waals surface area contributed by atoms with Gasteiger partial charge < -0.3 is 10.2 Å². The summed E-state index contributed by atoms with van der Waals surface area (Å²) in [5.74, 6) is 2.50. The van der Waals surface area contributed by atoms with Crippen LogP contribution in [0, 0.1) is 23.2 Å². The maximum Gasteiger partial charge on any atom is 0.0512 e. The molecule has 0 heterocycles. The number of aliphatic hydroxyl groups excluding tert-OH is 2. The van der Waals surface area contributed by atoms with Gasteiger partial charge in [0.1, 0.15) is 0 Å². The third kappa shape index (κ3) is 2.77. The highest BCUT2D eigenvalue weighted by atomic mass is 16.3. The molecule has 1 aromatic carbocycles. The van der Waals surface area contributed by atoms with Crippen LogP contribution in [0.15, 0.2) is 30.3 Å². The Morgan fingerprint density at radius 2 is 1.75 bits per heavy atom. The summed E-state index contributed by atoms with van der Waals surface area (Å²) in [7, 11) is 0. The molecule has 2 N–H and O–H groups in total. The van der Waals surface area contributed by atoms with Gasteiger partial charge in [-0.05, 0) is 55.4 Å². The molecule has 0 aromatic heterocycles. The third-order valence-corrected chi connectivity index (χ3v) is 5.67. The van der Waals surface area contributed by atoms with Crippen LogP contribution in [0.4, 0.5) is 0 Å². The first-order chi connectivity index (χ1) is 9.74. The van der Waals surface area contributed by atoms with Crippen molar-refractivity contribution in [3.63, 3.8) is 0 Å². The Labute approximate surface area is 121 Å². The van der Waals surface area contributed by atoms with E-state index >= 15 is 0 Å². The van der Waals surface area contributed by atoms with Crippen LogP contribution >= 0.6 is 0 Å². The summed E-state index contributed by atoms with van der Waals surface area (Å²) in [5.41, 5.74) is 0.884. The van der Waals surface area contributed by atoms with E-state index in [0.29, 0.717) is 0 Å². The normalized spacial score (nSPS) is 29.0. The molecule has 2 bridgehead atoms. The van der Waals surface area contributed by atoms with Gasteiger partial charge in [-0.1, -0.05) is 36.8 Å². The number of fused-ring (bicyclic) bond motifs is 2. The lowest BCUT2D eigenvalue weighted by Gasteiger charge is -2.35. The third-order valence-electron chi connectivity index (χ3n) is 5.67. The van der Waals surface area contributed by atoms with Gasteiger partial charge in [0.25, 0.3) is 0 Å². The van der Waals surface area contributed by atoms with Crippen molar-refractivity contribution in [2.75, 3.05) is 13.2 Å². The van der Waals surface area contributed by atoms with Gasteiger partial charge in [0.2, 0.25) is 0 Å². The highest BCUT2D eigenvalue weighted by molar-refractivity contribution is 5.17. The average Bonchev–Trinajstić information content (AvgIpc) is 3.10. The molecule has 0 spiro atoms. The Kier molecular flexibility index (Phi) is 4.13. The van der Waals surface area contributed by atoms with Gasteiger partial charge in [-0.15, -0.1) is 0 Å². The van der Waals surface area contributed by atoms with Gasteiger partial charge in [-0.2, -0.15) is 0 Å². The topological polar surface area (TPSA) is 40.5 Å². The second-order valence-corrected chi connectivity index (χ2v) is 7.12. The first-order valence-electron chi connectivity index (χ1n) is 8.00. The zero-order chi connectivity index (χ0) is 14.0. The summed E-state index contributed by atoms with van der Waals surface area (Å²) in [4.78, 5) is 0. The number of aliphatic hydroxyl groups is 2. The Morgan fingerprint density at radius 1 is 1.00 bits per heavy atom. The quantitative estimate of drug-likeness (QED) is 0.837. The molecule has 0 aliphatic heterocycles. The standard InChI is InChI=1S/C18H26O2/c19-12-18(13-20,10-14-4-2-1-3-5-14)11-17-9-15-6-7-16(17)8-15/h1-5,15-17,19-20H,6-13H2. The first-order valence-corrected chi connectivity index (χ1v) is 8.00. The van der Waals surface area contributed by atoms with Crippen LogP contribution in [0.2, 0.25) is 0 Å². The van der Waals surface area contributed by atoms with Crippen LogP contribution in [0.25, 0.3) is 0 Å². The minimum absolute atomic E-state index is 0.0896. The van der Waals surface area contributed by atoms with E-state index in [1.807, 2.05) is 18.2 Å². The first kappa shape index (κ1) is 14.1. The van der Waals surface area contributed by atoms with E-state index < -0.39 is 0 Å². The fourth-order valence-corrected chi connectivity index (χ4v) is 4.57. The SMILES string of the molecule is OCC(CO)(Cc1ccccc1)CC1CC2CCC1C2. The minimum Gasteiger partial charge on any atom is -0.396 e. The number of rotatable bonds is 6. The molecule has 0 amide bonds. The van der Waals surface area contributed by atoms with E-state index in [-0.39, 0.29) is 18.6 Å². The van der Waals surface area contributed by atoms with Gasteiger partial charge in [0.15, 0.2) is 0 Å². The Morgan fingerprint density at radius 3 is 2.30 bits per heavy atom. The van der Waals surface area contributed by atoms with E-state index in [1.165, 1.54) is 31.2 Å². The maximum atomic E-state index is 9.91. The largest absolute Gasteiger partial charge is 0.396 e. The molecule has 2 saturated carbocycles. The number of hydrogen-bond donors (Lipinski definition) is 2. The molecule has 20 heavy (non-hydrogen) atoms. The summed E-state index contributed by atoms with van der Waals surface area (Å²) in [5, 5.41) is 19.8. The van der Waals surface area contributed by atoms with Gasteiger partial charge in [-0.25, -0.2) is 0 Å². The van der Waals surface area contributed by atoms with Crippen molar-refractivity contribution >= 4 is 0 Å². The molecule has 3 rings (SSSR count). The summed E-state index contributed by atoms with van der Waals surface area (Å²) in [6.45, 7) is 0.179. The fraction of sp³-hybridized carbons (Fsp3) is 0.667. The van der Waals surface area contributed by atoms with E-state index in [2.05, 4.69) is 12.1 Å². The molecular weight excluding hydrogens is 248 g/mol. The van der Waals surface area contributed by atoms with Crippen molar-refractivity contribution in [1.29, 1.82) is 0 Å². The Bertz CT molecular complexity index is 424. The van der Waals surface area contributed by atoms with Crippen molar-refractivity contribution in [2.45, 2.75) is 38.5 Å². The van der Waals surface area contributed by atoms with Crippen LogP contribution in [0.5, 0.6) is 0 Å². The molecule has 3 atom stereocenters. The van der Waals surface area contributed by atoms with Crippen molar-refractivity contribution < 1.29 is 10.2 Å². The maximum absolute atomic E-state index is 9.91. The smallest absolute Gasteiger partial charge is 0.0512 e. The summed E-state index contributed by atoms with van der Waals surface area (Å²) in [6, 6.07) is 10.3. The Balaban J connectivity index is 1.70. The van der Waals surface area contributed by atoms with Gasteiger partial charge in [0, 0.05) is 5.41 Å². The molecule has 110 valence electrons. The summed E-state index contributed by atoms with van der Waals surface area (Å²) in [6.07, 6.45) is 7.26. The molecule has 0 saturated heterocycles. The van der Waals surface area contributed by atoms with Gasteiger partial charge >= 0.3 is 0 Å². The molecule has 0 radical (unpaired) electrons. The molecule has 3 unspecified atom stereocenters. The highest BCUT2D eigenvalue weighted by Gasteiger charge is 2.43. The van der Waals surface area contributed by atoms with E-state index in [0.717, 1.165) is 30.6 Å². The van der Waals surface area contributed by atoms with Crippen molar-refractivity contribution in [2.24, 2.45) is 23.2 Å². The van der Waals surface area contributed by atoms with Crippen LogP contribution < -0.4 is 0 Å². The van der Waals surface area contributed by atoms with Gasteiger partial charge in [-0.3, -0.25) is 0 Å². The lowest BCUT2D eigenvalue weighted by Crippen LogP contribution is -2.36. The van der Waals surface area contributed by atoms with E-state index in [1.54, 1.807) is 0 Å². The zero-order valence-corrected chi connectivity index (χ0v) is 12.2. The molecule has 2 aliphatic carbocycles. The van der Waals surface area contributed by atoms with Crippen LogP contribution in [-0.4, -0.2) is 23.4 Å². The van der Waals surface area contributed by atoms with Crippen LogP contribution in [0.3, 0.4) is 0 Å². The number of benzene rings is 1. The lowest BCUT2D eigenvalue weighted by atomic mass is 9.72. The van der Waals surface area contributed by atoms with Crippen LogP contribution in [-0.2, 0) is 6.42 Å². The second kappa shape index (κ2) is 5.87. The molecular formula is C18H26O2. The van der Waals surface area contributed by atoms with E-state index in [9.17, 15) is 10.2 Å². The highest BCUT2D eigenvalue weighted by Crippen LogP contribution is 2.52. The average molecular weight is 274 g/mol.